The summed E-state index contributed by atoms with van der Waals surface area (Å²) in [7, 11) is 0. The molecule has 4 rings (SSSR count). The maximum absolute atomic E-state index is 12.9. The van der Waals surface area contributed by atoms with Crippen molar-refractivity contribution >= 4 is 40.1 Å². The summed E-state index contributed by atoms with van der Waals surface area (Å²) in [5.74, 6) is -0.377. The van der Waals surface area contributed by atoms with Crippen molar-refractivity contribution in [3.63, 3.8) is 0 Å². The smallest absolute Gasteiger partial charge is 0.306 e. The van der Waals surface area contributed by atoms with Crippen molar-refractivity contribution < 1.29 is 33.0 Å². The number of fused-ring (bicyclic) bond motifs is 2. The van der Waals surface area contributed by atoms with Crippen LogP contribution in [0.1, 0.15) is 30.3 Å². The van der Waals surface area contributed by atoms with E-state index < -0.39 is 17.8 Å². The first-order valence-electron chi connectivity index (χ1n) is 9.73. The van der Waals surface area contributed by atoms with Gasteiger partial charge in [-0.3, -0.25) is 14.4 Å². The fraction of sp³-hybridized carbons (Fsp3) is 0.227. The van der Waals surface area contributed by atoms with E-state index in [1.807, 2.05) is 0 Å². The highest BCUT2D eigenvalue weighted by Crippen LogP contribution is 2.35. The average molecular weight is 424 g/mol. The van der Waals surface area contributed by atoms with E-state index in [4.69, 9.17) is 18.6 Å². The number of para-hydroxylation sites is 1. The highest BCUT2D eigenvalue weighted by Gasteiger charge is 2.23. The van der Waals surface area contributed by atoms with Gasteiger partial charge in [-0.2, -0.15) is 0 Å². The van der Waals surface area contributed by atoms with Gasteiger partial charge in [-0.1, -0.05) is 12.1 Å². The second kappa shape index (κ2) is 8.78. The van der Waals surface area contributed by atoms with Gasteiger partial charge in [-0.25, -0.2) is 0 Å². The van der Waals surface area contributed by atoms with E-state index in [1.165, 1.54) is 0 Å². The molecule has 0 spiro atoms. The van der Waals surface area contributed by atoms with Gasteiger partial charge in [0.05, 0.1) is 13.0 Å². The third kappa shape index (κ3) is 4.45. The van der Waals surface area contributed by atoms with Crippen LogP contribution in [0.25, 0.3) is 11.0 Å². The molecule has 3 aromatic rings. The molecular weight excluding hydrogens is 404 g/mol. The molecule has 9 nitrogen and oxygen atoms in total. The lowest BCUT2D eigenvalue weighted by Crippen LogP contribution is -2.18. The number of carbonyl (C=O) groups excluding carboxylic acids is 3. The molecule has 2 amide bonds. The molecule has 0 radical (unpaired) electrons. The lowest BCUT2D eigenvalue weighted by Gasteiger charge is -2.08. The van der Waals surface area contributed by atoms with Crippen molar-refractivity contribution in [2.45, 2.75) is 19.8 Å². The van der Waals surface area contributed by atoms with Gasteiger partial charge in [0.25, 0.3) is 5.91 Å². The van der Waals surface area contributed by atoms with Crippen LogP contribution in [0.2, 0.25) is 0 Å². The van der Waals surface area contributed by atoms with Crippen LogP contribution in [0.4, 0.5) is 11.4 Å². The van der Waals surface area contributed by atoms with Crippen molar-refractivity contribution in [3.05, 3.63) is 48.2 Å². The lowest BCUT2D eigenvalue weighted by atomic mass is 10.2. The van der Waals surface area contributed by atoms with Gasteiger partial charge < -0.3 is 29.3 Å². The van der Waals surface area contributed by atoms with Crippen molar-refractivity contribution in [2.75, 3.05) is 24.0 Å². The molecule has 0 aliphatic carbocycles. The van der Waals surface area contributed by atoms with Crippen LogP contribution in [0.3, 0.4) is 0 Å². The number of hydrogen-bond donors (Lipinski definition) is 2. The van der Waals surface area contributed by atoms with Gasteiger partial charge in [-0.05, 0) is 31.2 Å². The third-order valence-electron chi connectivity index (χ3n) is 4.56. The second-order valence-electron chi connectivity index (χ2n) is 6.68. The highest BCUT2D eigenvalue weighted by molar-refractivity contribution is 6.14. The Hall–Kier alpha value is -4.01. The molecule has 1 aliphatic heterocycles. The number of hydrogen-bond acceptors (Lipinski definition) is 7. The van der Waals surface area contributed by atoms with Crippen LogP contribution in [0, 0.1) is 0 Å². The minimum absolute atomic E-state index is 0.0525. The SMILES string of the molecule is CCOC(=O)CCC(=O)Nc1c(C(=O)Nc2ccc3c(c2)OCO3)oc2ccccc12. The van der Waals surface area contributed by atoms with Crippen molar-refractivity contribution in [1.82, 2.24) is 0 Å². The quantitative estimate of drug-likeness (QED) is 0.556. The van der Waals surface area contributed by atoms with Gasteiger partial charge >= 0.3 is 5.97 Å². The second-order valence-corrected chi connectivity index (χ2v) is 6.68. The van der Waals surface area contributed by atoms with E-state index in [1.54, 1.807) is 49.4 Å². The van der Waals surface area contributed by atoms with Gasteiger partial charge in [0.2, 0.25) is 18.5 Å². The number of furan rings is 1. The van der Waals surface area contributed by atoms with Crippen LogP contribution in [-0.4, -0.2) is 31.2 Å². The summed E-state index contributed by atoms with van der Waals surface area (Å²) < 4.78 is 21.1. The Balaban J connectivity index is 1.55. The largest absolute Gasteiger partial charge is 0.466 e. The maximum atomic E-state index is 12.9. The number of nitrogens with one attached hydrogen (secondary N) is 2. The summed E-state index contributed by atoms with van der Waals surface area (Å²) in [5, 5.41) is 6.00. The van der Waals surface area contributed by atoms with Gasteiger partial charge in [0.15, 0.2) is 11.5 Å². The predicted octanol–water partition coefficient (Wildman–Crippen LogP) is 3.70. The summed E-state index contributed by atoms with van der Waals surface area (Å²) in [4.78, 5) is 36.9. The number of benzene rings is 2. The monoisotopic (exact) mass is 424 g/mol. The minimum Gasteiger partial charge on any atom is -0.466 e. The normalized spacial score (nSPS) is 11.9. The molecule has 2 N–H and O–H groups in total. The molecular formula is C22H20N2O7. The summed E-state index contributed by atoms with van der Waals surface area (Å²) >= 11 is 0. The topological polar surface area (TPSA) is 116 Å². The molecule has 9 heteroatoms. The first-order chi connectivity index (χ1) is 15.0. The van der Waals surface area contributed by atoms with Crippen LogP contribution in [0.15, 0.2) is 46.9 Å². The standard InChI is InChI=1S/C22H20N2O7/c1-2-28-19(26)10-9-18(25)24-20-14-5-3-4-6-15(14)31-21(20)22(27)23-13-7-8-16-17(11-13)30-12-29-16/h3-8,11H,2,9-10,12H2,1H3,(H,23,27)(H,24,25). The third-order valence-corrected chi connectivity index (χ3v) is 4.56. The number of ether oxygens (including phenoxy) is 3. The van der Waals surface area contributed by atoms with Gasteiger partial charge in [0.1, 0.15) is 11.3 Å². The Bertz CT molecular complexity index is 1150. The predicted molar refractivity (Wildman–Crippen MR) is 111 cm³/mol. The van der Waals surface area contributed by atoms with Gasteiger partial charge in [-0.15, -0.1) is 0 Å². The summed E-state index contributed by atoms with van der Waals surface area (Å²) in [6.45, 7) is 2.07. The molecule has 0 saturated heterocycles. The van der Waals surface area contributed by atoms with Crippen molar-refractivity contribution in [2.24, 2.45) is 0 Å². The molecule has 1 aromatic heterocycles. The first kappa shape index (κ1) is 20.3. The Morgan fingerprint density at radius 1 is 1.00 bits per heavy atom. The van der Waals surface area contributed by atoms with E-state index in [2.05, 4.69) is 10.6 Å². The van der Waals surface area contributed by atoms with Crippen LogP contribution in [-0.2, 0) is 14.3 Å². The number of amides is 2. The first-order valence-corrected chi connectivity index (χ1v) is 9.73. The minimum atomic E-state index is -0.546. The summed E-state index contributed by atoms with van der Waals surface area (Å²) in [6.07, 6.45) is -0.143. The van der Waals surface area contributed by atoms with E-state index in [0.29, 0.717) is 28.2 Å². The molecule has 0 fully saturated rings. The molecule has 1 aliphatic rings. The molecule has 0 unspecified atom stereocenters. The average Bonchev–Trinajstić information content (AvgIpc) is 3.37. The Morgan fingerprint density at radius 2 is 1.81 bits per heavy atom. The Labute approximate surface area is 177 Å². The number of rotatable bonds is 7. The molecule has 0 bridgehead atoms. The Kier molecular flexibility index (Phi) is 5.74. The lowest BCUT2D eigenvalue weighted by molar-refractivity contribution is -0.144. The molecule has 2 heterocycles. The summed E-state index contributed by atoms with van der Waals surface area (Å²) in [5.41, 5.74) is 1.16. The molecule has 0 atom stereocenters. The van der Waals surface area contributed by atoms with Gasteiger partial charge in [0, 0.05) is 23.6 Å². The number of esters is 1. The maximum Gasteiger partial charge on any atom is 0.306 e. The van der Waals surface area contributed by atoms with E-state index in [9.17, 15) is 14.4 Å². The fourth-order valence-electron chi connectivity index (χ4n) is 3.14. The van der Waals surface area contributed by atoms with E-state index >= 15 is 0 Å². The van der Waals surface area contributed by atoms with Crippen LogP contribution < -0.4 is 20.1 Å². The zero-order valence-electron chi connectivity index (χ0n) is 16.7. The zero-order chi connectivity index (χ0) is 21.8. The Morgan fingerprint density at radius 3 is 2.65 bits per heavy atom. The fourth-order valence-corrected chi connectivity index (χ4v) is 3.14. The highest BCUT2D eigenvalue weighted by atomic mass is 16.7. The van der Waals surface area contributed by atoms with Crippen molar-refractivity contribution in [3.8, 4) is 11.5 Å². The van der Waals surface area contributed by atoms with Crippen LogP contribution >= 0.6 is 0 Å². The molecule has 2 aromatic carbocycles. The zero-order valence-corrected chi connectivity index (χ0v) is 16.7. The number of carbonyl (C=O) groups is 3. The molecule has 160 valence electrons. The number of anilines is 2. The van der Waals surface area contributed by atoms with E-state index in [-0.39, 0.29) is 37.7 Å². The van der Waals surface area contributed by atoms with E-state index in [0.717, 1.165) is 0 Å². The van der Waals surface area contributed by atoms with Crippen LogP contribution in [0.5, 0.6) is 11.5 Å². The molecule has 0 saturated carbocycles. The van der Waals surface area contributed by atoms with Crippen molar-refractivity contribution in [1.29, 1.82) is 0 Å². The molecule has 31 heavy (non-hydrogen) atoms. The summed E-state index contributed by atoms with van der Waals surface area (Å²) in [6, 6.07) is 12.0.